The number of carbonyl (C=O) groups is 2. The monoisotopic (exact) mass is 464 g/mol. The van der Waals surface area contributed by atoms with Crippen molar-refractivity contribution < 1.29 is 28.5 Å². The lowest BCUT2D eigenvalue weighted by Crippen LogP contribution is -2.09. The molecule has 6 nitrogen and oxygen atoms in total. The summed E-state index contributed by atoms with van der Waals surface area (Å²) < 4.78 is 21.6. The smallest absolute Gasteiger partial charge is 0.309 e. The van der Waals surface area contributed by atoms with Crippen molar-refractivity contribution in [2.45, 2.75) is 122 Å². The number of carbonyl (C=O) groups excluding carboxylic acids is 2. The molecule has 0 amide bonds. The van der Waals surface area contributed by atoms with Gasteiger partial charge in [-0.15, -0.1) is 0 Å². The van der Waals surface area contributed by atoms with Gasteiger partial charge in [-0.25, -0.2) is 0 Å². The Morgan fingerprint density at radius 3 is 1.52 bits per heavy atom. The number of esters is 2. The highest BCUT2D eigenvalue weighted by Gasteiger charge is 2.37. The predicted octanol–water partition coefficient (Wildman–Crippen LogP) is 5.83. The van der Waals surface area contributed by atoms with Crippen LogP contribution in [0.4, 0.5) is 0 Å². The third-order valence-corrected chi connectivity index (χ3v) is 6.01. The van der Waals surface area contributed by atoms with Gasteiger partial charge in [-0.2, -0.15) is 0 Å². The van der Waals surface area contributed by atoms with Crippen LogP contribution in [0.5, 0.6) is 0 Å². The lowest BCUT2D eigenvalue weighted by Gasteiger charge is -2.04. The Morgan fingerprint density at radius 1 is 0.636 bits per heavy atom. The summed E-state index contributed by atoms with van der Waals surface area (Å²) in [6.45, 7) is 4.93. The summed E-state index contributed by atoms with van der Waals surface area (Å²) in [4.78, 5) is 23.5. The van der Waals surface area contributed by atoms with Gasteiger partial charge in [0, 0.05) is 6.42 Å². The molecule has 2 heterocycles. The van der Waals surface area contributed by atoms with Crippen molar-refractivity contribution in [3.8, 4) is 0 Å². The van der Waals surface area contributed by atoms with Crippen LogP contribution in [0.1, 0.15) is 97.3 Å². The molecule has 0 aromatic heterocycles. The standard InChI is InChI=1S/C27H44O6/c1-3-5-7-14-22-24(32-22)16-9-11-18-26(28)30-20-13-21-31-27(29)19-12-10-17-25-23(33-25)15-8-6-4-2/h9-12,22-25H,3-8,13-21H2,1-2H3/b11-9+,12-10+. The van der Waals surface area contributed by atoms with Gasteiger partial charge in [0.1, 0.15) is 0 Å². The van der Waals surface area contributed by atoms with Crippen molar-refractivity contribution in [2.24, 2.45) is 0 Å². The van der Waals surface area contributed by atoms with E-state index in [4.69, 9.17) is 18.9 Å². The average Bonchev–Trinajstić information content (AvgIpc) is 3.72. The van der Waals surface area contributed by atoms with Crippen LogP contribution < -0.4 is 0 Å². The fourth-order valence-electron chi connectivity index (χ4n) is 3.84. The van der Waals surface area contributed by atoms with Gasteiger partial charge in [-0.05, 0) is 25.7 Å². The third kappa shape index (κ3) is 13.6. The van der Waals surface area contributed by atoms with E-state index in [0.717, 1.165) is 25.7 Å². The molecule has 0 saturated carbocycles. The first-order chi connectivity index (χ1) is 16.1. The van der Waals surface area contributed by atoms with Gasteiger partial charge < -0.3 is 18.9 Å². The van der Waals surface area contributed by atoms with Crippen LogP contribution in [0.3, 0.4) is 0 Å². The normalized spacial score (nSPS) is 23.8. The number of unbranched alkanes of at least 4 members (excludes halogenated alkanes) is 4. The van der Waals surface area contributed by atoms with Gasteiger partial charge in [-0.3, -0.25) is 9.59 Å². The minimum absolute atomic E-state index is 0.257. The molecule has 2 rings (SSSR count). The molecule has 0 radical (unpaired) electrons. The molecule has 0 aliphatic carbocycles. The third-order valence-electron chi connectivity index (χ3n) is 6.01. The fraction of sp³-hybridized carbons (Fsp3) is 0.778. The molecule has 0 N–H and O–H groups in total. The minimum atomic E-state index is -0.257. The number of epoxide rings is 2. The Labute approximate surface area is 200 Å². The molecule has 2 aliphatic rings. The molecule has 0 aromatic carbocycles. The summed E-state index contributed by atoms with van der Waals surface area (Å²) in [6.07, 6.45) is 21.7. The molecule has 0 spiro atoms. The van der Waals surface area contributed by atoms with E-state index in [1.807, 2.05) is 24.3 Å². The Morgan fingerprint density at radius 2 is 1.09 bits per heavy atom. The van der Waals surface area contributed by atoms with Gasteiger partial charge >= 0.3 is 11.9 Å². The summed E-state index contributed by atoms with van der Waals surface area (Å²) in [6, 6.07) is 0. The summed E-state index contributed by atoms with van der Waals surface area (Å²) in [5.74, 6) is -0.515. The molecule has 188 valence electrons. The lowest BCUT2D eigenvalue weighted by atomic mass is 10.1. The zero-order valence-corrected chi connectivity index (χ0v) is 20.7. The van der Waals surface area contributed by atoms with E-state index in [9.17, 15) is 9.59 Å². The van der Waals surface area contributed by atoms with E-state index in [0.29, 0.717) is 30.8 Å². The van der Waals surface area contributed by atoms with Crippen molar-refractivity contribution in [3.05, 3.63) is 24.3 Å². The Balaban J connectivity index is 1.36. The largest absolute Gasteiger partial charge is 0.465 e. The quantitative estimate of drug-likeness (QED) is 0.0976. The fourth-order valence-corrected chi connectivity index (χ4v) is 3.84. The second-order valence-electron chi connectivity index (χ2n) is 9.03. The molecule has 6 heteroatoms. The highest BCUT2D eigenvalue weighted by atomic mass is 16.6. The van der Waals surface area contributed by atoms with E-state index in [2.05, 4.69) is 13.8 Å². The first-order valence-corrected chi connectivity index (χ1v) is 13.1. The van der Waals surface area contributed by atoms with Crippen molar-refractivity contribution in [1.29, 1.82) is 0 Å². The second kappa shape index (κ2) is 16.9. The first-order valence-electron chi connectivity index (χ1n) is 13.1. The number of hydrogen-bond donors (Lipinski definition) is 0. The molecular formula is C27H44O6. The zero-order chi connectivity index (χ0) is 23.7. The van der Waals surface area contributed by atoms with Crippen molar-refractivity contribution >= 4 is 11.9 Å². The van der Waals surface area contributed by atoms with Gasteiger partial charge in [-0.1, -0.05) is 76.7 Å². The van der Waals surface area contributed by atoms with Crippen molar-refractivity contribution in [2.75, 3.05) is 13.2 Å². The maximum atomic E-state index is 11.7. The van der Waals surface area contributed by atoms with E-state index in [1.165, 1.54) is 38.5 Å². The topological polar surface area (TPSA) is 77.7 Å². The Kier molecular flexibility index (Phi) is 14.1. The first kappa shape index (κ1) is 27.6. The van der Waals surface area contributed by atoms with E-state index >= 15 is 0 Å². The predicted molar refractivity (Wildman–Crippen MR) is 129 cm³/mol. The van der Waals surface area contributed by atoms with Crippen LogP contribution in [0.2, 0.25) is 0 Å². The molecule has 0 bridgehead atoms. The SMILES string of the molecule is CCCCCC1OC1C/C=C/CC(=O)OCCCOC(=O)C/C=C/CC1OC1CCCCC. The van der Waals surface area contributed by atoms with Crippen LogP contribution in [0.15, 0.2) is 24.3 Å². The summed E-state index contributed by atoms with van der Waals surface area (Å²) in [5, 5.41) is 0. The van der Waals surface area contributed by atoms with Crippen molar-refractivity contribution in [3.63, 3.8) is 0 Å². The molecule has 2 aliphatic heterocycles. The zero-order valence-electron chi connectivity index (χ0n) is 20.7. The highest BCUT2D eigenvalue weighted by molar-refractivity contribution is 5.71. The Bertz CT molecular complexity index is 562. The van der Waals surface area contributed by atoms with Gasteiger partial charge in [0.25, 0.3) is 0 Å². The van der Waals surface area contributed by atoms with E-state index in [1.54, 1.807) is 0 Å². The van der Waals surface area contributed by atoms with Gasteiger partial charge in [0.05, 0.1) is 50.5 Å². The number of rotatable bonds is 20. The number of ether oxygens (including phenoxy) is 4. The molecule has 2 saturated heterocycles. The summed E-state index contributed by atoms with van der Waals surface area (Å²) in [7, 11) is 0. The average molecular weight is 465 g/mol. The van der Waals surface area contributed by atoms with Crippen LogP contribution >= 0.6 is 0 Å². The maximum absolute atomic E-state index is 11.7. The van der Waals surface area contributed by atoms with Gasteiger partial charge in [0.2, 0.25) is 0 Å². The van der Waals surface area contributed by atoms with Crippen molar-refractivity contribution in [1.82, 2.24) is 0 Å². The lowest BCUT2D eigenvalue weighted by molar-refractivity contribution is -0.145. The van der Waals surface area contributed by atoms with Gasteiger partial charge in [0.15, 0.2) is 0 Å². The minimum Gasteiger partial charge on any atom is -0.465 e. The molecular weight excluding hydrogens is 420 g/mol. The van der Waals surface area contributed by atoms with E-state index in [-0.39, 0.29) is 38.0 Å². The molecule has 0 aromatic rings. The molecule has 33 heavy (non-hydrogen) atoms. The highest BCUT2D eigenvalue weighted by Crippen LogP contribution is 2.31. The Hall–Kier alpha value is -1.66. The van der Waals surface area contributed by atoms with Crippen LogP contribution in [0.25, 0.3) is 0 Å². The van der Waals surface area contributed by atoms with Crippen LogP contribution in [0, 0.1) is 0 Å². The molecule has 4 atom stereocenters. The second-order valence-corrected chi connectivity index (χ2v) is 9.03. The van der Waals surface area contributed by atoms with Crippen LogP contribution in [-0.4, -0.2) is 49.6 Å². The summed E-state index contributed by atoms with van der Waals surface area (Å²) in [5.41, 5.74) is 0. The molecule has 4 unspecified atom stereocenters. The molecule has 2 fully saturated rings. The summed E-state index contributed by atoms with van der Waals surface area (Å²) >= 11 is 0. The van der Waals surface area contributed by atoms with Crippen LogP contribution in [-0.2, 0) is 28.5 Å². The van der Waals surface area contributed by atoms with E-state index < -0.39 is 0 Å². The maximum Gasteiger partial charge on any atom is 0.309 e. The number of hydrogen-bond acceptors (Lipinski definition) is 6.